The van der Waals surface area contributed by atoms with Gasteiger partial charge >= 0.3 is 0 Å². The van der Waals surface area contributed by atoms with Crippen LogP contribution < -0.4 is 5.73 Å². The SMILES string of the molecule is CC1CCCCN1CCCn1cncc1C(N)CO. The van der Waals surface area contributed by atoms with Gasteiger partial charge in [-0.25, -0.2) is 4.98 Å². The Balaban J connectivity index is 1.80. The van der Waals surface area contributed by atoms with Gasteiger partial charge in [-0.2, -0.15) is 0 Å². The molecule has 108 valence electrons. The van der Waals surface area contributed by atoms with E-state index in [1.54, 1.807) is 6.20 Å². The highest BCUT2D eigenvalue weighted by Gasteiger charge is 2.17. The van der Waals surface area contributed by atoms with Crippen LogP contribution in [0.25, 0.3) is 0 Å². The molecule has 19 heavy (non-hydrogen) atoms. The summed E-state index contributed by atoms with van der Waals surface area (Å²) < 4.78 is 2.06. The van der Waals surface area contributed by atoms with E-state index in [4.69, 9.17) is 10.8 Å². The van der Waals surface area contributed by atoms with Gasteiger partial charge in [0.1, 0.15) is 0 Å². The number of nitrogens with two attached hydrogens (primary N) is 1. The predicted octanol–water partition coefficient (Wildman–Crippen LogP) is 1.14. The number of nitrogens with zero attached hydrogens (tertiary/aromatic N) is 3. The highest BCUT2D eigenvalue weighted by atomic mass is 16.3. The standard InChI is InChI=1S/C14H26N4O/c1-12-5-2-3-6-17(12)7-4-8-18-11-16-9-14(18)13(15)10-19/h9,11-13,19H,2-8,10,15H2,1H3. The Morgan fingerprint density at radius 1 is 1.47 bits per heavy atom. The molecule has 2 atom stereocenters. The second-order valence-electron chi connectivity index (χ2n) is 5.54. The fourth-order valence-electron chi connectivity index (χ4n) is 2.85. The average molecular weight is 266 g/mol. The first-order valence-corrected chi connectivity index (χ1v) is 7.33. The molecule has 5 nitrogen and oxygen atoms in total. The first-order chi connectivity index (χ1) is 9.22. The molecule has 5 heteroatoms. The van der Waals surface area contributed by atoms with E-state index in [2.05, 4.69) is 21.4 Å². The third-order valence-corrected chi connectivity index (χ3v) is 4.11. The van der Waals surface area contributed by atoms with Gasteiger partial charge in [-0.3, -0.25) is 0 Å². The molecule has 0 spiro atoms. The van der Waals surface area contributed by atoms with Crippen LogP contribution in [0, 0.1) is 0 Å². The summed E-state index contributed by atoms with van der Waals surface area (Å²) in [5, 5.41) is 9.12. The zero-order valence-corrected chi connectivity index (χ0v) is 11.8. The van der Waals surface area contributed by atoms with Gasteiger partial charge in [-0.1, -0.05) is 6.42 Å². The Morgan fingerprint density at radius 2 is 2.32 bits per heavy atom. The van der Waals surface area contributed by atoms with Gasteiger partial charge in [0.15, 0.2) is 0 Å². The number of hydrogen-bond acceptors (Lipinski definition) is 4. The van der Waals surface area contributed by atoms with Crippen LogP contribution in [-0.4, -0.2) is 45.3 Å². The fraction of sp³-hybridized carbons (Fsp3) is 0.786. The third kappa shape index (κ3) is 3.78. The average Bonchev–Trinajstić information content (AvgIpc) is 2.88. The van der Waals surface area contributed by atoms with Crippen molar-refractivity contribution in [3.05, 3.63) is 18.2 Å². The molecule has 1 aliphatic heterocycles. The molecular weight excluding hydrogens is 240 g/mol. The molecule has 1 aliphatic rings. The highest BCUT2D eigenvalue weighted by Crippen LogP contribution is 2.17. The normalized spacial score (nSPS) is 22.6. The van der Waals surface area contributed by atoms with Gasteiger partial charge in [-0.15, -0.1) is 0 Å². The molecule has 2 rings (SSSR count). The summed E-state index contributed by atoms with van der Waals surface area (Å²) in [7, 11) is 0. The lowest BCUT2D eigenvalue weighted by Gasteiger charge is -2.33. The minimum atomic E-state index is -0.323. The maximum Gasteiger partial charge on any atom is 0.0948 e. The van der Waals surface area contributed by atoms with Crippen molar-refractivity contribution in [2.75, 3.05) is 19.7 Å². The van der Waals surface area contributed by atoms with E-state index in [9.17, 15) is 0 Å². The molecule has 3 N–H and O–H groups in total. The number of aromatic nitrogens is 2. The zero-order chi connectivity index (χ0) is 13.7. The molecule has 2 unspecified atom stereocenters. The van der Waals surface area contributed by atoms with Crippen LogP contribution in [0.15, 0.2) is 12.5 Å². The first kappa shape index (κ1) is 14.5. The maximum atomic E-state index is 9.12. The van der Waals surface area contributed by atoms with Gasteiger partial charge in [-0.05, 0) is 32.7 Å². The molecule has 0 bridgehead atoms. The number of likely N-dealkylation sites (tertiary alicyclic amines) is 1. The number of hydrogen-bond donors (Lipinski definition) is 2. The van der Waals surface area contributed by atoms with Crippen molar-refractivity contribution in [3.8, 4) is 0 Å². The van der Waals surface area contributed by atoms with Gasteiger partial charge in [0.2, 0.25) is 0 Å². The quantitative estimate of drug-likeness (QED) is 0.810. The van der Waals surface area contributed by atoms with Gasteiger partial charge < -0.3 is 20.3 Å². The number of aliphatic hydroxyl groups excluding tert-OH is 1. The Kier molecular flexibility index (Phi) is 5.36. The van der Waals surface area contributed by atoms with Gasteiger partial charge in [0.25, 0.3) is 0 Å². The van der Waals surface area contributed by atoms with Crippen LogP contribution in [0.3, 0.4) is 0 Å². The monoisotopic (exact) mass is 266 g/mol. The minimum absolute atomic E-state index is 0.0329. The van der Waals surface area contributed by atoms with E-state index in [-0.39, 0.29) is 12.6 Å². The topological polar surface area (TPSA) is 67.3 Å². The van der Waals surface area contributed by atoms with Crippen molar-refractivity contribution in [2.24, 2.45) is 5.73 Å². The van der Waals surface area contributed by atoms with Crippen LogP contribution >= 0.6 is 0 Å². The number of aliphatic hydroxyl groups is 1. The van der Waals surface area contributed by atoms with Crippen LogP contribution in [0.4, 0.5) is 0 Å². The summed E-state index contributed by atoms with van der Waals surface area (Å²) in [6.07, 6.45) is 8.69. The fourth-order valence-corrected chi connectivity index (χ4v) is 2.85. The van der Waals surface area contributed by atoms with E-state index in [1.807, 2.05) is 6.33 Å². The Morgan fingerprint density at radius 3 is 3.05 bits per heavy atom. The molecule has 1 aromatic rings. The van der Waals surface area contributed by atoms with Crippen molar-refractivity contribution in [1.29, 1.82) is 0 Å². The van der Waals surface area contributed by atoms with E-state index in [0.29, 0.717) is 0 Å². The second kappa shape index (κ2) is 7.03. The lowest BCUT2D eigenvalue weighted by Crippen LogP contribution is -2.38. The molecule has 1 saturated heterocycles. The number of aryl methyl sites for hydroxylation is 1. The van der Waals surface area contributed by atoms with Crippen molar-refractivity contribution < 1.29 is 5.11 Å². The summed E-state index contributed by atoms with van der Waals surface area (Å²) in [5.41, 5.74) is 6.78. The first-order valence-electron chi connectivity index (χ1n) is 7.33. The number of piperidine rings is 1. The number of rotatable bonds is 6. The van der Waals surface area contributed by atoms with E-state index >= 15 is 0 Å². The largest absolute Gasteiger partial charge is 0.394 e. The summed E-state index contributed by atoms with van der Waals surface area (Å²) >= 11 is 0. The predicted molar refractivity (Wildman–Crippen MR) is 75.7 cm³/mol. The molecular formula is C14H26N4O. The molecule has 0 radical (unpaired) electrons. The zero-order valence-electron chi connectivity index (χ0n) is 11.8. The lowest BCUT2D eigenvalue weighted by molar-refractivity contribution is 0.156. The minimum Gasteiger partial charge on any atom is -0.394 e. The molecule has 1 fully saturated rings. The van der Waals surface area contributed by atoms with Crippen molar-refractivity contribution in [1.82, 2.24) is 14.5 Å². The van der Waals surface area contributed by atoms with Crippen molar-refractivity contribution >= 4 is 0 Å². The Bertz CT molecular complexity index is 379. The molecule has 0 amide bonds. The second-order valence-corrected chi connectivity index (χ2v) is 5.54. The Labute approximate surface area is 115 Å². The molecule has 1 aromatic heterocycles. The van der Waals surface area contributed by atoms with E-state index < -0.39 is 0 Å². The third-order valence-electron chi connectivity index (χ3n) is 4.11. The molecule has 0 aromatic carbocycles. The van der Waals surface area contributed by atoms with Crippen LogP contribution in [-0.2, 0) is 6.54 Å². The van der Waals surface area contributed by atoms with E-state index in [0.717, 1.165) is 31.2 Å². The van der Waals surface area contributed by atoms with E-state index in [1.165, 1.54) is 25.8 Å². The smallest absolute Gasteiger partial charge is 0.0948 e. The van der Waals surface area contributed by atoms with Crippen molar-refractivity contribution in [2.45, 2.75) is 51.2 Å². The molecule has 0 aliphatic carbocycles. The van der Waals surface area contributed by atoms with Crippen LogP contribution in [0.2, 0.25) is 0 Å². The molecule has 2 heterocycles. The summed E-state index contributed by atoms with van der Waals surface area (Å²) in [6.45, 7) is 5.58. The van der Waals surface area contributed by atoms with Crippen molar-refractivity contribution in [3.63, 3.8) is 0 Å². The Hall–Kier alpha value is -0.910. The molecule has 0 saturated carbocycles. The summed E-state index contributed by atoms with van der Waals surface area (Å²) in [5.74, 6) is 0. The summed E-state index contributed by atoms with van der Waals surface area (Å²) in [6, 6.07) is 0.395. The summed E-state index contributed by atoms with van der Waals surface area (Å²) in [4.78, 5) is 6.71. The van der Waals surface area contributed by atoms with Gasteiger partial charge in [0.05, 0.1) is 24.7 Å². The van der Waals surface area contributed by atoms with Gasteiger partial charge in [0, 0.05) is 25.3 Å². The lowest BCUT2D eigenvalue weighted by atomic mass is 10.0. The highest BCUT2D eigenvalue weighted by molar-refractivity contribution is 5.04. The maximum absolute atomic E-state index is 9.12. The number of imidazole rings is 1. The van der Waals surface area contributed by atoms with Crippen LogP contribution in [0.5, 0.6) is 0 Å². The van der Waals surface area contributed by atoms with Crippen LogP contribution in [0.1, 0.15) is 44.3 Å².